The Hall–Kier alpha value is -0.423. The molecule has 0 saturated heterocycles. The van der Waals surface area contributed by atoms with Gasteiger partial charge in [-0.25, -0.2) is 0 Å². The van der Waals surface area contributed by atoms with Crippen LogP contribution in [0.5, 0.6) is 0 Å². The molecule has 4 heteroatoms. The van der Waals surface area contributed by atoms with Crippen LogP contribution in [0, 0.1) is 0 Å². The van der Waals surface area contributed by atoms with Crippen LogP contribution < -0.4 is 0 Å². The number of ether oxygens (including phenoxy) is 1. The first-order valence-electron chi connectivity index (χ1n) is 5.06. The first kappa shape index (κ1) is 14.6. The van der Waals surface area contributed by atoms with Crippen molar-refractivity contribution < 1.29 is 13.6 Å². The van der Waals surface area contributed by atoms with Gasteiger partial charge in [-0.05, 0) is 25.1 Å². The van der Waals surface area contributed by atoms with Crippen LogP contribution in [0.25, 0.3) is 0 Å². The predicted molar refractivity (Wildman–Crippen MR) is 65.0 cm³/mol. The maximum Gasteiger partial charge on any atom is 0.364 e. The second kappa shape index (κ2) is 7.82. The second-order valence-corrected chi connectivity index (χ2v) is 6.89. The molecule has 0 spiro atoms. The standard InChI is InChI=1S/C11H22O3Si/c1-6-15(12-4,13-5)9-7-8-14-10-11(2)3/h6H,1-2,7-10H2,3-5H3. The summed E-state index contributed by atoms with van der Waals surface area (Å²) in [7, 11) is 1.21. The number of hydrogen-bond donors (Lipinski definition) is 0. The average molecular weight is 230 g/mol. The molecule has 3 nitrogen and oxygen atoms in total. The van der Waals surface area contributed by atoms with Gasteiger partial charge < -0.3 is 13.6 Å². The Morgan fingerprint density at radius 3 is 2.33 bits per heavy atom. The molecule has 0 fully saturated rings. The van der Waals surface area contributed by atoms with E-state index >= 15 is 0 Å². The van der Waals surface area contributed by atoms with Crippen molar-refractivity contribution in [1.82, 2.24) is 0 Å². The zero-order valence-electron chi connectivity index (χ0n) is 10.0. The van der Waals surface area contributed by atoms with Gasteiger partial charge in [0.05, 0.1) is 6.61 Å². The van der Waals surface area contributed by atoms with Crippen molar-refractivity contribution in [2.75, 3.05) is 27.4 Å². The molecule has 0 saturated carbocycles. The minimum atomic E-state index is -2.13. The highest BCUT2D eigenvalue weighted by atomic mass is 28.4. The summed E-state index contributed by atoms with van der Waals surface area (Å²) in [5.74, 6) is 0. The largest absolute Gasteiger partial charge is 0.395 e. The van der Waals surface area contributed by atoms with E-state index in [0.717, 1.165) is 18.0 Å². The minimum Gasteiger partial charge on any atom is -0.395 e. The SMILES string of the molecule is C=C[Si](CCCOCC(=C)C)(OC)OC. The van der Waals surface area contributed by atoms with Gasteiger partial charge in [0.15, 0.2) is 0 Å². The predicted octanol–water partition coefficient (Wildman–Crippen LogP) is 2.43. The van der Waals surface area contributed by atoms with Crippen molar-refractivity contribution in [3.8, 4) is 0 Å². The summed E-state index contributed by atoms with van der Waals surface area (Å²) in [5, 5.41) is 0. The van der Waals surface area contributed by atoms with E-state index in [1.54, 1.807) is 14.2 Å². The zero-order valence-corrected chi connectivity index (χ0v) is 11.0. The average Bonchev–Trinajstić information content (AvgIpc) is 2.24. The molecule has 0 amide bonds. The van der Waals surface area contributed by atoms with Crippen LogP contribution in [0.3, 0.4) is 0 Å². The van der Waals surface area contributed by atoms with Crippen LogP contribution >= 0.6 is 0 Å². The molecule has 0 N–H and O–H groups in total. The monoisotopic (exact) mass is 230 g/mol. The first-order valence-corrected chi connectivity index (χ1v) is 7.16. The number of hydrogen-bond acceptors (Lipinski definition) is 3. The van der Waals surface area contributed by atoms with Crippen LogP contribution in [0.4, 0.5) is 0 Å². The molecule has 88 valence electrons. The zero-order chi connectivity index (χ0) is 11.7. The molecule has 0 unspecified atom stereocenters. The van der Waals surface area contributed by atoms with Crippen molar-refractivity contribution in [2.24, 2.45) is 0 Å². The van der Waals surface area contributed by atoms with E-state index in [1.165, 1.54) is 0 Å². The third-order valence-corrected chi connectivity index (χ3v) is 5.22. The highest BCUT2D eigenvalue weighted by Crippen LogP contribution is 2.15. The Kier molecular flexibility index (Phi) is 7.59. The van der Waals surface area contributed by atoms with E-state index in [2.05, 4.69) is 13.2 Å². The van der Waals surface area contributed by atoms with Crippen LogP contribution in [-0.2, 0) is 13.6 Å². The van der Waals surface area contributed by atoms with E-state index < -0.39 is 8.56 Å². The van der Waals surface area contributed by atoms with Gasteiger partial charge in [-0.3, -0.25) is 0 Å². The molecule has 0 heterocycles. The van der Waals surface area contributed by atoms with Crippen molar-refractivity contribution in [3.05, 3.63) is 24.4 Å². The van der Waals surface area contributed by atoms with E-state index in [0.29, 0.717) is 13.2 Å². The Bertz CT molecular complexity index is 200. The van der Waals surface area contributed by atoms with Gasteiger partial charge in [-0.2, -0.15) is 0 Å². The lowest BCUT2D eigenvalue weighted by Gasteiger charge is -2.23. The maximum atomic E-state index is 5.40. The lowest BCUT2D eigenvalue weighted by atomic mass is 10.4. The van der Waals surface area contributed by atoms with Crippen molar-refractivity contribution >= 4 is 8.56 Å². The molecule has 0 radical (unpaired) electrons. The fraction of sp³-hybridized carbons (Fsp3) is 0.636. The maximum absolute atomic E-state index is 5.40. The fourth-order valence-electron chi connectivity index (χ4n) is 1.22. The first-order chi connectivity index (χ1) is 7.10. The van der Waals surface area contributed by atoms with E-state index in [4.69, 9.17) is 13.6 Å². The fourth-order valence-corrected chi connectivity index (χ4v) is 2.97. The molecule has 0 aromatic rings. The molecule has 0 aliphatic rings. The minimum absolute atomic E-state index is 0.628. The summed E-state index contributed by atoms with van der Waals surface area (Å²) < 4.78 is 16.2. The number of rotatable bonds is 9. The van der Waals surface area contributed by atoms with Gasteiger partial charge in [-0.1, -0.05) is 12.2 Å². The Morgan fingerprint density at radius 1 is 1.33 bits per heavy atom. The van der Waals surface area contributed by atoms with Gasteiger partial charge in [0.2, 0.25) is 0 Å². The van der Waals surface area contributed by atoms with E-state index in [-0.39, 0.29) is 0 Å². The highest BCUT2D eigenvalue weighted by molar-refractivity contribution is 6.72. The van der Waals surface area contributed by atoms with Crippen molar-refractivity contribution in [3.63, 3.8) is 0 Å². The smallest absolute Gasteiger partial charge is 0.364 e. The summed E-state index contributed by atoms with van der Waals surface area (Å²) in [5.41, 5.74) is 2.85. The third kappa shape index (κ3) is 5.89. The molecule has 0 aliphatic carbocycles. The Morgan fingerprint density at radius 2 is 1.93 bits per heavy atom. The molecule has 15 heavy (non-hydrogen) atoms. The van der Waals surface area contributed by atoms with Gasteiger partial charge in [0.1, 0.15) is 0 Å². The van der Waals surface area contributed by atoms with Crippen LogP contribution in [-0.4, -0.2) is 36.0 Å². The Balaban J connectivity index is 3.72. The topological polar surface area (TPSA) is 27.7 Å². The van der Waals surface area contributed by atoms with Crippen LogP contribution in [0.2, 0.25) is 6.04 Å². The van der Waals surface area contributed by atoms with E-state index in [9.17, 15) is 0 Å². The van der Waals surface area contributed by atoms with Crippen LogP contribution in [0.1, 0.15) is 13.3 Å². The second-order valence-electron chi connectivity index (χ2n) is 3.54. The van der Waals surface area contributed by atoms with Crippen molar-refractivity contribution in [1.29, 1.82) is 0 Å². The third-order valence-electron chi connectivity index (χ3n) is 2.16. The molecule has 0 aliphatic heterocycles. The quantitative estimate of drug-likeness (QED) is 0.346. The molecular weight excluding hydrogens is 208 g/mol. The van der Waals surface area contributed by atoms with Gasteiger partial charge in [0, 0.05) is 20.8 Å². The summed E-state index contributed by atoms with van der Waals surface area (Å²) in [6.07, 6.45) is 0.924. The molecule has 0 bridgehead atoms. The van der Waals surface area contributed by atoms with E-state index in [1.807, 2.05) is 12.6 Å². The highest BCUT2D eigenvalue weighted by Gasteiger charge is 2.30. The molecule has 0 aromatic carbocycles. The molecule has 0 atom stereocenters. The normalized spacial score (nSPS) is 11.4. The van der Waals surface area contributed by atoms with Crippen molar-refractivity contribution in [2.45, 2.75) is 19.4 Å². The van der Waals surface area contributed by atoms with Gasteiger partial charge in [-0.15, -0.1) is 6.58 Å². The summed E-state index contributed by atoms with van der Waals surface area (Å²) in [4.78, 5) is 0. The lowest BCUT2D eigenvalue weighted by molar-refractivity contribution is 0.153. The van der Waals surface area contributed by atoms with Gasteiger partial charge in [0.25, 0.3) is 0 Å². The summed E-state index contributed by atoms with van der Waals surface area (Å²) >= 11 is 0. The molecule has 0 aromatic heterocycles. The molecular formula is C11H22O3Si. The molecule has 0 rings (SSSR count). The summed E-state index contributed by atoms with van der Waals surface area (Å²) in [6.45, 7) is 10.8. The lowest BCUT2D eigenvalue weighted by Crippen LogP contribution is -2.38. The van der Waals surface area contributed by atoms with Gasteiger partial charge >= 0.3 is 8.56 Å². The summed E-state index contributed by atoms with van der Waals surface area (Å²) in [6, 6.07) is 0.875. The Labute approximate surface area is 94.0 Å². The van der Waals surface area contributed by atoms with Crippen LogP contribution in [0.15, 0.2) is 24.4 Å².